The molecule has 0 N–H and O–H groups in total. The third kappa shape index (κ3) is 44.3. The molecular weight excluding hydrogens is 672 g/mol. The molecule has 0 aromatic rings. The lowest BCUT2D eigenvalue weighted by Gasteiger charge is -2.09. The maximum atomic E-state index is 11.7. The van der Waals surface area contributed by atoms with Gasteiger partial charge in [0, 0.05) is 12.5 Å². The second-order valence-electron chi connectivity index (χ2n) is 10.8. The van der Waals surface area contributed by atoms with Crippen LogP contribution in [0.4, 0.5) is 0 Å². The van der Waals surface area contributed by atoms with Crippen LogP contribution in [-0.4, -0.2) is 171 Å². The number of carbonyl (C=O) groups is 2. The minimum atomic E-state index is -0.462. The molecule has 0 aromatic heterocycles. The van der Waals surface area contributed by atoms with Crippen molar-refractivity contribution < 1.29 is 71.2 Å². The SMILES string of the molecule is C=CC(=O)OCCOCCOCCOCCOCCOCCOCCOCCOCCOCCOCCOCCOC(=O)CCCCCCCC. The highest BCUT2D eigenvalue weighted by atomic mass is 16.6. The number of ether oxygens (including phenoxy) is 13. The van der Waals surface area contributed by atoms with E-state index in [0.717, 1.165) is 18.9 Å². The van der Waals surface area contributed by atoms with Crippen LogP contribution in [0.1, 0.15) is 51.9 Å². The van der Waals surface area contributed by atoms with E-state index < -0.39 is 5.97 Å². The van der Waals surface area contributed by atoms with Crippen molar-refractivity contribution in [2.45, 2.75) is 51.9 Å². The van der Waals surface area contributed by atoms with Crippen LogP contribution >= 0.6 is 0 Å². The largest absolute Gasteiger partial charge is 0.463 e. The van der Waals surface area contributed by atoms with Gasteiger partial charge in [-0.25, -0.2) is 4.79 Å². The van der Waals surface area contributed by atoms with Crippen molar-refractivity contribution >= 4 is 11.9 Å². The summed E-state index contributed by atoms with van der Waals surface area (Å²) in [6.45, 7) is 16.2. The summed E-state index contributed by atoms with van der Waals surface area (Å²) in [4.78, 5) is 22.5. The van der Waals surface area contributed by atoms with Gasteiger partial charge < -0.3 is 61.6 Å². The van der Waals surface area contributed by atoms with Crippen molar-refractivity contribution in [3.63, 3.8) is 0 Å². The number of unbranched alkanes of at least 4 members (excludes halogenated alkanes) is 5. The van der Waals surface area contributed by atoms with E-state index in [-0.39, 0.29) is 19.2 Å². The molecule has 0 atom stereocenters. The van der Waals surface area contributed by atoms with E-state index >= 15 is 0 Å². The highest BCUT2D eigenvalue weighted by Crippen LogP contribution is 2.07. The van der Waals surface area contributed by atoms with E-state index in [4.69, 9.17) is 61.6 Å². The fourth-order valence-corrected chi connectivity index (χ4v) is 3.90. The highest BCUT2D eigenvalue weighted by molar-refractivity contribution is 5.81. The Labute approximate surface area is 306 Å². The van der Waals surface area contributed by atoms with Crippen LogP contribution in [0.2, 0.25) is 0 Å². The lowest BCUT2D eigenvalue weighted by atomic mass is 10.1. The van der Waals surface area contributed by atoms with Crippen molar-refractivity contribution in [2.24, 2.45) is 0 Å². The van der Waals surface area contributed by atoms with Gasteiger partial charge in [0.1, 0.15) is 13.2 Å². The van der Waals surface area contributed by atoms with Gasteiger partial charge in [-0.3, -0.25) is 4.79 Å². The van der Waals surface area contributed by atoms with Gasteiger partial charge in [0.05, 0.1) is 145 Å². The number of rotatable bonds is 44. The molecule has 0 rings (SSSR count). The standard InChI is InChI=1S/C36H68O15/c1-3-5-6-7-8-9-10-36(38)51-34-32-49-30-28-47-26-24-45-22-20-43-18-16-41-14-12-39-11-13-40-15-17-42-19-21-44-23-25-46-27-29-48-31-33-50-35(37)4-2/h4H,2-3,5-34H2,1H3. The molecule has 15 heteroatoms. The van der Waals surface area contributed by atoms with Gasteiger partial charge in [-0.1, -0.05) is 45.6 Å². The molecular formula is C36H68O15. The smallest absolute Gasteiger partial charge is 0.330 e. The molecule has 0 unspecified atom stereocenters. The average Bonchev–Trinajstić information content (AvgIpc) is 3.14. The number of carbonyl (C=O) groups excluding carboxylic acids is 2. The molecule has 0 aromatic carbocycles. The van der Waals surface area contributed by atoms with Crippen molar-refractivity contribution in [1.82, 2.24) is 0 Å². The number of hydrogen-bond acceptors (Lipinski definition) is 15. The molecule has 0 spiro atoms. The molecule has 0 amide bonds. The molecule has 51 heavy (non-hydrogen) atoms. The second kappa shape index (κ2) is 44.4. The zero-order chi connectivity index (χ0) is 37.0. The molecule has 15 nitrogen and oxygen atoms in total. The zero-order valence-corrected chi connectivity index (χ0v) is 31.3. The van der Waals surface area contributed by atoms with Gasteiger partial charge in [-0.2, -0.15) is 0 Å². The minimum Gasteiger partial charge on any atom is -0.463 e. The number of esters is 2. The van der Waals surface area contributed by atoms with Gasteiger partial charge in [-0.05, 0) is 6.42 Å². The first-order chi connectivity index (χ1) is 25.2. The van der Waals surface area contributed by atoms with Gasteiger partial charge in [0.2, 0.25) is 0 Å². The van der Waals surface area contributed by atoms with Crippen LogP contribution in [-0.2, 0) is 71.2 Å². The van der Waals surface area contributed by atoms with E-state index in [2.05, 4.69) is 13.5 Å². The summed E-state index contributed by atoms with van der Waals surface area (Å²) in [5, 5.41) is 0. The molecule has 0 bridgehead atoms. The molecule has 0 radical (unpaired) electrons. The summed E-state index contributed by atoms with van der Waals surface area (Å²) in [6, 6.07) is 0. The average molecular weight is 741 g/mol. The summed E-state index contributed by atoms with van der Waals surface area (Å²) in [6.07, 6.45) is 8.51. The van der Waals surface area contributed by atoms with Crippen LogP contribution in [0.3, 0.4) is 0 Å². The molecule has 0 fully saturated rings. The summed E-state index contributed by atoms with van der Waals surface area (Å²) in [5.41, 5.74) is 0. The Bertz CT molecular complexity index is 729. The topological polar surface area (TPSA) is 154 Å². The monoisotopic (exact) mass is 740 g/mol. The summed E-state index contributed by atoms with van der Waals surface area (Å²) >= 11 is 0. The first-order valence-corrected chi connectivity index (χ1v) is 18.5. The molecule has 302 valence electrons. The Morgan fingerprint density at radius 3 is 0.922 bits per heavy atom. The van der Waals surface area contributed by atoms with Crippen molar-refractivity contribution in [3.05, 3.63) is 12.7 Å². The fraction of sp³-hybridized carbons (Fsp3) is 0.889. The van der Waals surface area contributed by atoms with Crippen LogP contribution in [0.5, 0.6) is 0 Å². The highest BCUT2D eigenvalue weighted by Gasteiger charge is 2.03. The fourth-order valence-electron chi connectivity index (χ4n) is 3.90. The maximum Gasteiger partial charge on any atom is 0.330 e. The Morgan fingerprint density at radius 1 is 0.373 bits per heavy atom. The first kappa shape index (κ1) is 49.2. The predicted molar refractivity (Wildman–Crippen MR) is 189 cm³/mol. The molecule has 0 heterocycles. The van der Waals surface area contributed by atoms with Gasteiger partial charge in [-0.15, -0.1) is 0 Å². The lowest BCUT2D eigenvalue weighted by Crippen LogP contribution is -2.16. The second-order valence-corrected chi connectivity index (χ2v) is 10.8. The Morgan fingerprint density at radius 2 is 0.627 bits per heavy atom. The third-order valence-electron chi connectivity index (χ3n) is 6.58. The number of hydrogen-bond donors (Lipinski definition) is 0. The van der Waals surface area contributed by atoms with Gasteiger partial charge in [0.15, 0.2) is 0 Å². The van der Waals surface area contributed by atoms with Crippen LogP contribution in [0, 0.1) is 0 Å². The van der Waals surface area contributed by atoms with Crippen LogP contribution in [0.25, 0.3) is 0 Å². The minimum absolute atomic E-state index is 0.148. The van der Waals surface area contributed by atoms with E-state index in [9.17, 15) is 9.59 Å². The summed E-state index contributed by atoms with van der Waals surface area (Å²) in [7, 11) is 0. The quantitative estimate of drug-likeness (QED) is 0.0510. The summed E-state index contributed by atoms with van der Waals surface area (Å²) < 4.78 is 69.7. The maximum absolute atomic E-state index is 11.7. The van der Waals surface area contributed by atoms with Crippen LogP contribution in [0.15, 0.2) is 12.7 Å². The molecule has 0 saturated heterocycles. The van der Waals surface area contributed by atoms with Crippen molar-refractivity contribution in [2.75, 3.05) is 159 Å². The predicted octanol–water partition coefficient (Wildman–Crippen LogP) is 3.19. The molecule has 0 aliphatic rings. The van der Waals surface area contributed by atoms with Gasteiger partial charge >= 0.3 is 11.9 Å². The molecule has 0 aliphatic carbocycles. The van der Waals surface area contributed by atoms with Crippen LogP contribution < -0.4 is 0 Å². The lowest BCUT2D eigenvalue weighted by molar-refractivity contribution is -0.145. The Hall–Kier alpha value is -1.76. The first-order valence-electron chi connectivity index (χ1n) is 18.5. The Balaban J connectivity index is 3.10. The zero-order valence-electron chi connectivity index (χ0n) is 31.3. The molecule has 0 aliphatic heterocycles. The van der Waals surface area contributed by atoms with E-state index in [1.54, 1.807) is 0 Å². The van der Waals surface area contributed by atoms with Crippen molar-refractivity contribution in [3.8, 4) is 0 Å². The van der Waals surface area contributed by atoms with Crippen molar-refractivity contribution in [1.29, 1.82) is 0 Å². The normalized spacial score (nSPS) is 11.2. The Kier molecular flexibility index (Phi) is 42.9. The van der Waals surface area contributed by atoms with E-state index in [0.29, 0.717) is 152 Å². The summed E-state index contributed by atoms with van der Waals surface area (Å²) in [5.74, 6) is -0.610. The van der Waals surface area contributed by atoms with E-state index in [1.165, 1.54) is 25.7 Å². The van der Waals surface area contributed by atoms with E-state index in [1.807, 2.05) is 0 Å². The van der Waals surface area contributed by atoms with Gasteiger partial charge in [0.25, 0.3) is 0 Å². The molecule has 0 saturated carbocycles. The third-order valence-corrected chi connectivity index (χ3v) is 6.58.